The summed E-state index contributed by atoms with van der Waals surface area (Å²) in [5, 5.41) is 1.17. The zero-order valence-electron chi connectivity index (χ0n) is 13.6. The van der Waals surface area contributed by atoms with E-state index in [0.29, 0.717) is 0 Å². The highest BCUT2D eigenvalue weighted by molar-refractivity contribution is 8.13. The lowest BCUT2D eigenvalue weighted by molar-refractivity contribution is 0.412. The number of amidine groups is 1. The van der Waals surface area contributed by atoms with Gasteiger partial charge >= 0.3 is 0 Å². The maximum Gasteiger partial charge on any atom is 0.159 e. The molecule has 0 unspecified atom stereocenters. The van der Waals surface area contributed by atoms with Crippen LogP contribution in [0.3, 0.4) is 0 Å². The molecule has 0 amide bonds. The van der Waals surface area contributed by atoms with Crippen LogP contribution in [0.1, 0.15) is 30.0 Å². The number of aryl methyl sites for hydroxylation is 1. The van der Waals surface area contributed by atoms with E-state index in [-0.39, 0.29) is 0 Å². The number of aromatic nitrogens is 1. The normalized spacial score (nSPS) is 14.4. The van der Waals surface area contributed by atoms with Crippen LogP contribution in [0.25, 0.3) is 0 Å². The quantitative estimate of drug-likeness (QED) is 0.827. The van der Waals surface area contributed by atoms with Crippen molar-refractivity contribution in [2.45, 2.75) is 32.9 Å². The Labute approximate surface area is 142 Å². The second-order valence-electron chi connectivity index (χ2n) is 5.75. The van der Waals surface area contributed by atoms with Crippen molar-refractivity contribution in [2.75, 3.05) is 12.3 Å². The van der Waals surface area contributed by atoms with E-state index in [9.17, 15) is 0 Å². The fraction of sp³-hybridized carbons (Fsp3) is 0.368. The predicted octanol–water partition coefficient (Wildman–Crippen LogP) is 4.14. The molecule has 1 aromatic carbocycles. The fourth-order valence-corrected chi connectivity index (χ4v) is 3.59. The van der Waals surface area contributed by atoms with Gasteiger partial charge in [-0.15, -0.1) is 0 Å². The van der Waals surface area contributed by atoms with Crippen molar-refractivity contribution < 1.29 is 0 Å². The van der Waals surface area contributed by atoms with E-state index in [4.69, 9.17) is 4.99 Å². The molecule has 2 aromatic rings. The summed E-state index contributed by atoms with van der Waals surface area (Å²) in [5.74, 6) is 1.16. The first kappa shape index (κ1) is 16.1. The van der Waals surface area contributed by atoms with Crippen LogP contribution in [0.5, 0.6) is 0 Å². The smallest absolute Gasteiger partial charge is 0.159 e. The SMILES string of the molecule is CCc1ccc(CN(Cc2cccnc2)C2=NCCCS2)cc1. The van der Waals surface area contributed by atoms with Crippen molar-refractivity contribution >= 4 is 16.9 Å². The van der Waals surface area contributed by atoms with Crippen molar-refractivity contribution in [3.63, 3.8) is 0 Å². The van der Waals surface area contributed by atoms with Crippen LogP contribution < -0.4 is 0 Å². The Bertz CT molecular complexity index is 637. The van der Waals surface area contributed by atoms with Gasteiger partial charge in [-0.25, -0.2) is 0 Å². The Hall–Kier alpha value is -1.81. The predicted molar refractivity (Wildman–Crippen MR) is 98.7 cm³/mol. The van der Waals surface area contributed by atoms with Gasteiger partial charge in [0.2, 0.25) is 0 Å². The Morgan fingerprint density at radius 1 is 1.04 bits per heavy atom. The van der Waals surface area contributed by atoms with Gasteiger partial charge in [0.05, 0.1) is 0 Å². The van der Waals surface area contributed by atoms with Gasteiger partial charge in [-0.3, -0.25) is 9.98 Å². The number of thioether (sulfide) groups is 1. The van der Waals surface area contributed by atoms with E-state index >= 15 is 0 Å². The van der Waals surface area contributed by atoms with E-state index in [0.717, 1.165) is 31.8 Å². The molecule has 1 aliphatic rings. The van der Waals surface area contributed by atoms with E-state index in [2.05, 4.69) is 47.1 Å². The van der Waals surface area contributed by atoms with Crippen molar-refractivity contribution in [1.82, 2.24) is 9.88 Å². The standard InChI is InChI=1S/C19H23N3S/c1-2-16-6-8-17(9-7-16)14-22(19-21-11-4-12-23-19)15-18-5-3-10-20-13-18/h3,5-10,13H,2,4,11-12,14-15H2,1H3. The van der Waals surface area contributed by atoms with Gasteiger partial charge in [-0.1, -0.05) is 49.0 Å². The number of benzene rings is 1. The molecule has 0 bridgehead atoms. The van der Waals surface area contributed by atoms with Gasteiger partial charge in [0.1, 0.15) is 0 Å². The Morgan fingerprint density at radius 2 is 1.83 bits per heavy atom. The highest BCUT2D eigenvalue weighted by Gasteiger charge is 2.16. The lowest BCUT2D eigenvalue weighted by Crippen LogP contribution is -2.30. The number of hydrogen-bond acceptors (Lipinski definition) is 4. The van der Waals surface area contributed by atoms with Crippen molar-refractivity contribution in [3.05, 3.63) is 65.5 Å². The van der Waals surface area contributed by atoms with Crippen molar-refractivity contribution in [3.8, 4) is 0 Å². The molecule has 0 N–H and O–H groups in total. The third-order valence-corrected chi connectivity index (χ3v) is 5.09. The molecule has 0 saturated heterocycles. The number of nitrogens with zero attached hydrogens (tertiary/aromatic N) is 3. The lowest BCUT2D eigenvalue weighted by atomic mass is 10.1. The van der Waals surface area contributed by atoms with Crippen molar-refractivity contribution in [1.29, 1.82) is 0 Å². The molecule has 0 spiro atoms. The lowest BCUT2D eigenvalue weighted by Gasteiger charge is -2.27. The van der Waals surface area contributed by atoms with Gasteiger partial charge in [0.15, 0.2) is 5.17 Å². The summed E-state index contributed by atoms with van der Waals surface area (Å²) >= 11 is 1.87. The first-order valence-corrected chi connectivity index (χ1v) is 9.22. The molecule has 0 radical (unpaired) electrons. The maximum absolute atomic E-state index is 4.74. The van der Waals surface area contributed by atoms with E-state index in [1.807, 2.05) is 30.2 Å². The molecule has 23 heavy (non-hydrogen) atoms. The average molecular weight is 325 g/mol. The summed E-state index contributed by atoms with van der Waals surface area (Å²) in [6.45, 7) is 4.89. The minimum atomic E-state index is 0.856. The number of pyridine rings is 1. The van der Waals surface area contributed by atoms with Crippen LogP contribution in [-0.4, -0.2) is 27.3 Å². The summed E-state index contributed by atoms with van der Waals surface area (Å²) in [4.78, 5) is 11.4. The molecular weight excluding hydrogens is 302 g/mol. The summed E-state index contributed by atoms with van der Waals surface area (Å²) in [6.07, 6.45) is 6.04. The van der Waals surface area contributed by atoms with E-state index < -0.39 is 0 Å². The largest absolute Gasteiger partial charge is 0.343 e. The van der Waals surface area contributed by atoms with Gasteiger partial charge < -0.3 is 4.90 Å². The topological polar surface area (TPSA) is 28.5 Å². The molecule has 3 rings (SSSR count). The number of aliphatic imine (C=N–C) groups is 1. The molecule has 0 atom stereocenters. The highest BCUT2D eigenvalue weighted by Crippen LogP contribution is 2.20. The Morgan fingerprint density at radius 3 is 2.48 bits per heavy atom. The molecule has 3 nitrogen and oxygen atoms in total. The minimum absolute atomic E-state index is 0.856. The van der Waals surface area contributed by atoms with Crippen LogP contribution in [0.4, 0.5) is 0 Å². The maximum atomic E-state index is 4.74. The molecule has 1 aromatic heterocycles. The van der Waals surface area contributed by atoms with Crippen molar-refractivity contribution in [2.24, 2.45) is 4.99 Å². The first-order valence-electron chi connectivity index (χ1n) is 8.24. The molecule has 120 valence electrons. The Kier molecular flexibility index (Phi) is 5.70. The molecule has 0 aliphatic carbocycles. The summed E-state index contributed by atoms with van der Waals surface area (Å²) in [5.41, 5.74) is 3.95. The molecule has 0 saturated carbocycles. The summed E-state index contributed by atoms with van der Waals surface area (Å²) in [6, 6.07) is 13.1. The zero-order chi connectivity index (χ0) is 15.9. The van der Waals surface area contributed by atoms with Crippen LogP contribution in [0, 0.1) is 0 Å². The number of rotatable bonds is 5. The molecule has 0 fully saturated rings. The monoisotopic (exact) mass is 325 g/mol. The fourth-order valence-electron chi connectivity index (χ4n) is 2.64. The molecular formula is C19H23N3S. The van der Waals surface area contributed by atoms with Crippen LogP contribution in [0.2, 0.25) is 0 Å². The van der Waals surface area contributed by atoms with Crippen LogP contribution in [0.15, 0.2) is 53.8 Å². The van der Waals surface area contributed by atoms with Gasteiger partial charge in [-0.05, 0) is 35.6 Å². The molecule has 2 heterocycles. The second kappa shape index (κ2) is 8.16. The third kappa shape index (κ3) is 4.58. The average Bonchev–Trinajstić information content (AvgIpc) is 2.63. The van der Waals surface area contributed by atoms with Gasteiger partial charge in [0, 0.05) is 37.8 Å². The Balaban J connectivity index is 1.77. The third-order valence-electron chi connectivity index (χ3n) is 3.95. The van der Waals surface area contributed by atoms with Gasteiger partial charge in [-0.2, -0.15) is 0 Å². The molecule has 4 heteroatoms. The van der Waals surface area contributed by atoms with Gasteiger partial charge in [0.25, 0.3) is 0 Å². The molecule has 1 aliphatic heterocycles. The van der Waals surface area contributed by atoms with Crippen LogP contribution >= 0.6 is 11.8 Å². The first-order chi connectivity index (χ1) is 11.3. The second-order valence-corrected chi connectivity index (χ2v) is 6.82. The van der Waals surface area contributed by atoms with E-state index in [1.165, 1.54) is 28.3 Å². The highest BCUT2D eigenvalue weighted by atomic mass is 32.2. The summed E-state index contributed by atoms with van der Waals surface area (Å²) < 4.78 is 0. The summed E-state index contributed by atoms with van der Waals surface area (Å²) in [7, 11) is 0. The van der Waals surface area contributed by atoms with E-state index in [1.54, 1.807) is 0 Å². The number of hydrogen-bond donors (Lipinski definition) is 0. The minimum Gasteiger partial charge on any atom is -0.343 e. The van der Waals surface area contributed by atoms with Crippen LogP contribution in [-0.2, 0) is 19.5 Å². The zero-order valence-corrected chi connectivity index (χ0v) is 14.4.